The van der Waals surface area contributed by atoms with Gasteiger partial charge in [-0.15, -0.1) is 23.7 Å². The van der Waals surface area contributed by atoms with Crippen LogP contribution in [0.4, 0.5) is 5.13 Å². The van der Waals surface area contributed by atoms with Gasteiger partial charge in [-0.05, 0) is 50.5 Å². The molecule has 2 aromatic carbocycles. The summed E-state index contributed by atoms with van der Waals surface area (Å²) in [6.45, 7) is 12.2. The Kier molecular flexibility index (Phi) is 7.22. The molecule has 0 N–H and O–H groups in total. The number of hydrogen-bond donors (Lipinski definition) is 0. The van der Waals surface area contributed by atoms with Crippen molar-refractivity contribution in [2.75, 3.05) is 4.90 Å². The summed E-state index contributed by atoms with van der Waals surface area (Å²) in [4.78, 5) is 33.6. The summed E-state index contributed by atoms with van der Waals surface area (Å²) in [6.07, 6.45) is 0. The van der Waals surface area contributed by atoms with Crippen molar-refractivity contribution in [3.63, 3.8) is 0 Å². The van der Waals surface area contributed by atoms with E-state index in [1.54, 1.807) is 24.3 Å². The van der Waals surface area contributed by atoms with E-state index in [2.05, 4.69) is 25.8 Å². The van der Waals surface area contributed by atoms with Gasteiger partial charge in [-0.25, -0.2) is 9.88 Å². The molecule has 3 aromatic rings. The Morgan fingerprint density at radius 2 is 1.20 bits per heavy atom. The number of benzene rings is 2. The molecule has 0 aliphatic heterocycles. The number of hydrogen-bond acceptors (Lipinski definition) is 4. The second kappa shape index (κ2) is 9.11. The SMILES string of the molecule is Cc1ccc(C(=O)N(C(=O)c2ccc(C)cc2)c2nc(C)c(C(C)(C)C)s2)cc1.Cl. The predicted octanol–water partition coefficient (Wildman–Crippen LogP) is 6.27. The highest BCUT2D eigenvalue weighted by atomic mass is 35.5. The summed E-state index contributed by atoms with van der Waals surface area (Å²) in [7, 11) is 0. The van der Waals surface area contributed by atoms with Crippen LogP contribution < -0.4 is 4.90 Å². The molecule has 0 bridgehead atoms. The van der Waals surface area contributed by atoms with Crippen LogP contribution in [0.5, 0.6) is 0 Å². The fraction of sp³-hybridized carbons (Fsp3) is 0.292. The van der Waals surface area contributed by atoms with E-state index in [4.69, 9.17) is 0 Å². The van der Waals surface area contributed by atoms with Crippen LogP contribution in [0.25, 0.3) is 0 Å². The Bertz CT molecular complexity index is 991. The second-order valence-corrected chi connectivity index (χ2v) is 9.32. The fourth-order valence-electron chi connectivity index (χ4n) is 3.09. The van der Waals surface area contributed by atoms with Gasteiger partial charge in [0, 0.05) is 16.0 Å². The van der Waals surface area contributed by atoms with Crippen LogP contribution in [0, 0.1) is 20.8 Å². The third-order valence-corrected chi connectivity index (χ3v) is 6.23. The summed E-state index contributed by atoms with van der Waals surface area (Å²) >= 11 is 1.40. The van der Waals surface area contributed by atoms with Gasteiger partial charge in [-0.3, -0.25) is 9.59 Å². The minimum absolute atomic E-state index is 0. The zero-order valence-electron chi connectivity index (χ0n) is 18.1. The highest BCUT2D eigenvalue weighted by Gasteiger charge is 2.31. The van der Waals surface area contributed by atoms with Crippen molar-refractivity contribution in [1.29, 1.82) is 0 Å². The molecule has 6 heteroatoms. The lowest BCUT2D eigenvalue weighted by Crippen LogP contribution is -2.37. The van der Waals surface area contributed by atoms with E-state index < -0.39 is 0 Å². The monoisotopic (exact) mass is 442 g/mol. The average molecular weight is 443 g/mol. The molecule has 0 saturated heterocycles. The number of amides is 2. The largest absolute Gasteiger partial charge is 0.268 e. The zero-order chi connectivity index (χ0) is 21.3. The fourth-order valence-corrected chi connectivity index (χ4v) is 4.21. The molecule has 0 aliphatic carbocycles. The first kappa shape index (κ1) is 23.8. The zero-order valence-corrected chi connectivity index (χ0v) is 19.8. The lowest BCUT2D eigenvalue weighted by Gasteiger charge is -2.19. The average Bonchev–Trinajstić information content (AvgIpc) is 3.04. The Labute approximate surface area is 188 Å². The normalized spacial score (nSPS) is 11.0. The summed E-state index contributed by atoms with van der Waals surface area (Å²) in [5, 5.41) is 0.406. The molecule has 3 rings (SSSR count). The third-order valence-electron chi connectivity index (χ3n) is 4.66. The van der Waals surface area contributed by atoms with Gasteiger partial charge in [0.25, 0.3) is 11.8 Å². The smallest absolute Gasteiger partial charge is 0.267 e. The maximum absolute atomic E-state index is 13.4. The lowest BCUT2D eigenvalue weighted by molar-refractivity contribution is 0.0897. The molecule has 0 fully saturated rings. The van der Waals surface area contributed by atoms with Crippen LogP contribution in [0.3, 0.4) is 0 Å². The van der Waals surface area contributed by atoms with E-state index in [-0.39, 0.29) is 29.6 Å². The minimum Gasteiger partial charge on any atom is -0.268 e. The Hall–Kier alpha value is -2.50. The number of rotatable bonds is 3. The van der Waals surface area contributed by atoms with Gasteiger partial charge >= 0.3 is 0 Å². The number of nitrogens with zero attached hydrogens (tertiary/aromatic N) is 2. The summed E-state index contributed by atoms with van der Waals surface area (Å²) in [5.74, 6) is -0.741. The van der Waals surface area contributed by atoms with Crippen LogP contribution in [0.2, 0.25) is 0 Å². The van der Waals surface area contributed by atoms with Gasteiger partial charge in [-0.2, -0.15) is 0 Å². The molecule has 30 heavy (non-hydrogen) atoms. The molecular formula is C24H27ClN2O2S. The van der Waals surface area contributed by atoms with Crippen molar-refractivity contribution < 1.29 is 9.59 Å². The van der Waals surface area contributed by atoms with Crippen molar-refractivity contribution in [2.24, 2.45) is 0 Å². The second-order valence-electron chi connectivity index (χ2n) is 8.34. The lowest BCUT2D eigenvalue weighted by atomic mass is 9.94. The molecule has 1 heterocycles. The van der Waals surface area contributed by atoms with Crippen LogP contribution in [0.15, 0.2) is 48.5 Å². The van der Waals surface area contributed by atoms with Crippen molar-refractivity contribution >= 4 is 40.7 Å². The molecule has 0 radical (unpaired) electrons. The minimum atomic E-state index is -0.371. The molecule has 1 aromatic heterocycles. The van der Waals surface area contributed by atoms with Crippen molar-refractivity contribution in [3.8, 4) is 0 Å². The molecule has 0 saturated carbocycles. The number of carbonyl (C=O) groups excluding carboxylic acids is 2. The van der Waals surface area contributed by atoms with Gasteiger partial charge in [0.05, 0.1) is 5.69 Å². The summed E-state index contributed by atoms with van der Waals surface area (Å²) in [6, 6.07) is 14.5. The van der Waals surface area contributed by atoms with E-state index in [0.717, 1.165) is 21.7 Å². The first-order valence-corrected chi connectivity index (χ1v) is 10.4. The van der Waals surface area contributed by atoms with E-state index in [0.29, 0.717) is 16.3 Å². The van der Waals surface area contributed by atoms with Gasteiger partial charge in [0.15, 0.2) is 5.13 Å². The van der Waals surface area contributed by atoms with Crippen LogP contribution in [-0.4, -0.2) is 16.8 Å². The highest BCUT2D eigenvalue weighted by Crippen LogP contribution is 2.36. The number of halogens is 1. The standard InChI is InChI=1S/C24H26N2O2S.ClH/c1-15-7-11-18(12-8-15)21(27)26(22(28)19-13-9-16(2)10-14-19)23-25-17(3)20(29-23)24(4,5)6;/h7-14H,1-6H3;1H. The maximum Gasteiger partial charge on any atom is 0.267 e. The Morgan fingerprint density at radius 1 is 0.800 bits per heavy atom. The molecule has 0 aliphatic rings. The summed E-state index contributed by atoms with van der Waals surface area (Å²) < 4.78 is 0. The van der Waals surface area contributed by atoms with Crippen LogP contribution >= 0.6 is 23.7 Å². The number of anilines is 1. The van der Waals surface area contributed by atoms with Crippen molar-refractivity contribution in [1.82, 2.24) is 4.98 Å². The van der Waals surface area contributed by atoms with Crippen LogP contribution in [-0.2, 0) is 5.41 Å². The highest BCUT2D eigenvalue weighted by molar-refractivity contribution is 7.16. The topological polar surface area (TPSA) is 50.3 Å². The van der Waals surface area contributed by atoms with Crippen LogP contribution in [0.1, 0.15) is 63.2 Å². The third kappa shape index (κ3) is 4.97. The number of aryl methyl sites for hydroxylation is 3. The van der Waals surface area contributed by atoms with Crippen molar-refractivity contribution in [2.45, 2.75) is 47.0 Å². The Balaban J connectivity index is 0.00000320. The first-order chi connectivity index (χ1) is 13.6. The molecule has 2 amide bonds. The number of thiazole rings is 1. The van der Waals surface area contributed by atoms with E-state index >= 15 is 0 Å². The van der Waals surface area contributed by atoms with E-state index in [1.165, 1.54) is 16.2 Å². The molecule has 4 nitrogen and oxygen atoms in total. The molecular weight excluding hydrogens is 416 g/mol. The van der Waals surface area contributed by atoms with Gasteiger partial charge in [0.1, 0.15) is 0 Å². The number of imide groups is 1. The molecule has 0 unspecified atom stereocenters. The Morgan fingerprint density at radius 3 is 1.53 bits per heavy atom. The number of aromatic nitrogens is 1. The predicted molar refractivity (Wildman–Crippen MR) is 126 cm³/mol. The molecule has 158 valence electrons. The maximum atomic E-state index is 13.4. The van der Waals surface area contributed by atoms with E-state index in [1.807, 2.05) is 45.0 Å². The number of carbonyl (C=O) groups is 2. The van der Waals surface area contributed by atoms with Gasteiger partial charge in [0.2, 0.25) is 0 Å². The first-order valence-electron chi connectivity index (χ1n) is 9.58. The molecule has 0 spiro atoms. The van der Waals surface area contributed by atoms with E-state index in [9.17, 15) is 9.59 Å². The molecule has 0 atom stereocenters. The quantitative estimate of drug-likeness (QED) is 0.449. The van der Waals surface area contributed by atoms with Crippen molar-refractivity contribution in [3.05, 3.63) is 81.4 Å². The van der Waals surface area contributed by atoms with Gasteiger partial charge < -0.3 is 0 Å². The van der Waals surface area contributed by atoms with Gasteiger partial charge in [-0.1, -0.05) is 56.2 Å². The summed E-state index contributed by atoms with van der Waals surface area (Å²) in [5.41, 5.74) is 3.75.